The quantitative estimate of drug-likeness (QED) is 0.305. The summed E-state index contributed by atoms with van der Waals surface area (Å²) in [6, 6.07) is 0. The van der Waals surface area contributed by atoms with Crippen molar-refractivity contribution in [2.45, 2.75) is 6.42 Å². The highest BCUT2D eigenvalue weighted by Crippen LogP contribution is 1.78. The van der Waals surface area contributed by atoms with Crippen molar-refractivity contribution < 1.29 is 5.11 Å². The van der Waals surface area contributed by atoms with E-state index in [4.69, 9.17) is 5.11 Å². The Balaban J connectivity index is 2.82. The fourth-order valence-electron chi connectivity index (χ4n) is 0.274. The molecule has 0 atom stereocenters. The van der Waals surface area contributed by atoms with Gasteiger partial charge in [-0.05, 0) is 6.42 Å². The van der Waals surface area contributed by atoms with Gasteiger partial charge in [0.25, 0.3) is 0 Å². The van der Waals surface area contributed by atoms with Gasteiger partial charge in [0, 0.05) is 13.2 Å². The van der Waals surface area contributed by atoms with Gasteiger partial charge in [0.15, 0.2) is 0 Å². The molecule has 0 heterocycles. The number of aliphatic hydroxyl groups is 1. The minimum absolute atomic E-state index is 0.198. The zero-order chi connectivity index (χ0) is 6.41. The van der Waals surface area contributed by atoms with Crippen molar-refractivity contribution in [2.75, 3.05) is 13.2 Å². The van der Waals surface area contributed by atoms with E-state index >= 15 is 0 Å². The average molecular weight is 151 g/mol. The van der Waals surface area contributed by atoms with Crippen molar-refractivity contribution in [3.05, 3.63) is 0 Å². The van der Waals surface area contributed by atoms with E-state index in [1.54, 1.807) is 0 Å². The summed E-state index contributed by atoms with van der Waals surface area (Å²) in [5.41, 5.74) is 0. The highest BCUT2D eigenvalue weighted by atomic mass is 32.1. The molecule has 8 heavy (non-hydrogen) atoms. The monoisotopic (exact) mass is 151 g/mol. The first kappa shape index (κ1) is 8.20. The van der Waals surface area contributed by atoms with Crippen LogP contribution in [-0.4, -0.2) is 22.6 Å². The number of thiocarbonyl (C=S) groups is 1. The van der Waals surface area contributed by atoms with Crippen LogP contribution in [0.1, 0.15) is 6.42 Å². The van der Waals surface area contributed by atoms with Gasteiger partial charge in [-0.15, -0.1) is 12.6 Å². The Hall–Kier alpha value is 0.200. The molecule has 48 valence electrons. The van der Waals surface area contributed by atoms with Gasteiger partial charge in [0.1, 0.15) is 4.32 Å². The second-order valence-corrected chi connectivity index (χ2v) is 2.47. The minimum Gasteiger partial charge on any atom is -0.396 e. The second kappa shape index (κ2) is 5.34. The predicted octanol–water partition coefficient (Wildman–Crippen LogP) is 0.173. The molecule has 2 nitrogen and oxygen atoms in total. The molecular weight excluding hydrogens is 142 g/mol. The molecule has 0 spiro atoms. The lowest BCUT2D eigenvalue weighted by Gasteiger charge is -1.97. The van der Waals surface area contributed by atoms with E-state index in [1.165, 1.54) is 0 Å². The van der Waals surface area contributed by atoms with Crippen LogP contribution in [0.5, 0.6) is 0 Å². The standard InChI is InChI=1S/C4H9NOS2/c6-3-1-2-5-4(7)8/h6H,1-3H2,(H2,5,7,8). The lowest BCUT2D eigenvalue weighted by Crippen LogP contribution is -2.18. The number of aliphatic hydroxyl groups excluding tert-OH is 1. The smallest absolute Gasteiger partial charge is 0.130 e. The van der Waals surface area contributed by atoms with Crippen LogP contribution >= 0.6 is 24.8 Å². The third-order valence-electron chi connectivity index (χ3n) is 0.611. The molecule has 0 saturated carbocycles. The van der Waals surface area contributed by atoms with Gasteiger partial charge in [-0.3, -0.25) is 0 Å². The maximum absolute atomic E-state index is 8.27. The van der Waals surface area contributed by atoms with Gasteiger partial charge in [-0.2, -0.15) is 0 Å². The van der Waals surface area contributed by atoms with Gasteiger partial charge in [0.2, 0.25) is 0 Å². The van der Waals surface area contributed by atoms with Gasteiger partial charge in [-0.25, -0.2) is 0 Å². The van der Waals surface area contributed by atoms with Crippen LogP contribution in [0.3, 0.4) is 0 Å². The molecule has 4 heteroatoms. The van der Waals surface area contributed by atoms with E-state index in [0.717, 1.165) is 6.42 Å². The first-order chi connectivity index (χ1) is 3.77. The molecule has 0 aliphatic rings. The molecule has 0 aliphatic carbocycles. The molecule has 0 aromatic rings. The maximum atomic E-state index is 8.27. The van der Waals surface area contributed by atoms with Crippen LogP contribution in [0, 0.1) is 0 Å². The SMILES string of the molecule is OCCCNC(=S)S. The molecule has 0 radical (unpaired) electrons. The molecule has 0 aromatic heterocycles. The van der Waals surface area contributed by atoms with Crippen LogP contribution in [-0.2, 0) is 0 Å². The van der Waals surface area contributed by atoms with Crippen molar-refractivity contribution in [1.29, 1.82) is 0 Å². The molecule has 0 aromatic carbocycles. The third kappa shape index (κ3) is 6.20. The lowest BCUT2D eigenvalue weighted by atomic mass is 10.5. The Morgan fingerprint density at radius 1 is 1.75 bits per heavy atom. The topological polar surface area (TPSA) is 32.3 Å². The normalized spacial score (nSPS) is 8.75. The average Bonchev–Trinajstić information content (AvgIpc) is 1.66. The minimum atomic E-state index is 0.198. The number of thiol groups is 1. The van der Waals surface area contributed by atoms with E-state index in [2.05, 4.69) is 30.2 Å². The van der Waals surface area contributed by atoms with Crippen LogP contribution in [0.2, 0.25) is 0 Å². The summed E-state index contributed by atoms with van der Waals surface area (Å²) in [6.07, 6.45) is 0.723. The van der Waals surface area contributed by atoms with Gasteiger partial charge >= 0.3 is 0 Å². The summed E-state index contributed by atoms with van der Waals surface area (Å²) in [7, 11) is 0. The largest absolute Gasteiger partial charge is 0.396 e. The van der Waals surface area contributed by atoms with E-state index in [1.807, 2.05) is 0 Å². The molecule has 0 unspecified atom stereocenters. The molecule has 0 rings (SSSR count). The summed E-state index contributed by atoms with van der Waals surface area (Å²) in [5.74, 6) is 0. The zero-order valence-electron chi connectivity index (χ0n) is 4.42. The van der Waals surface area contributed by atoms with Crippen LogP contribution in [0.15, 0.2) is 0 Å². The summed E-state index contributed by atoms with van der Waals surface area (Å²) >= 11 is 8.39. The van der Waals surface area contributed by atoms with Crippen molar-refractivity contribution in [2.24, 2.45) is 0 Å². The highest BCUT2D eigenvalue weighted by molar-refractivity contribution is 8.11. The summed E-state index contributed by atoms with van der Waals surface area (Å²) in [4.78, 5) is 0. The lowest BCUT2D eigenvalue weighted by molar-refractivity contribution is 0.289. The van der Waals surface area contributed by atoms with E-state index < -0.39 is 0 Å². The fraction of sp³-hybridized carbons (Fsp3) is 0.750. The van der Waals surface area contributed by atoms with E-state index in [0.29, 0.717) is 10.9 Å². The summed E-state index contributed by atoms with van der Waals surface area (Å²) in [5, 5.41) is 11.1. The van der Waals surface area contributed by atoms with Crippen molar-refractivity contribution in [1.82, 2.24) is 5.32 Å². The summed E-state index contributed by atoms with van der Waals surface area (Å²) in [6.45, 7) is 0.905. The van der Waals surface area contributed by atoms with Gasteiger partial charge < -0.3 is 10.4 Å². The fourth-order valence-corrected chi connectivity index (χ4v) is 0.488. The molecule has 0 amide bonds. The number of rotatable bonds is 3. The van der Waals surface area contributed by atoms with Crippen molar-refractivity contribution in [3.8, 4) is 0 Å². The van der Waals surface area contributed by atoms with Crippen LogP contribution in [0.25, 0.3) is 0 Å². The second-order valence-electron chi connectivity index (χ2n) is 1.31. The molecule has 0 aliphatic heterocycles. The predicted molar refractivity (Wildman–Crippen MR) is 41.3 cm³/mol. The van der Waals surface area contributed by atoms with Gasteiger partial charge in [0.05, 0.1) is 0 Å². The molecule has 0 bridgehead atoms. The van der Waals surface area contributed by atoms with E-state index in [-0.39, 0.29) is 6.61 Å². The molecule has 2 N–H and O–H groups in total. The van der Waals surface area contributed by atoms with Crippen molar-refractivity contribution in [3.63, 3.8) is 0 Å². The van der Waals surface area contributed by atoms with E-state index in [9.17, 15) is 0 Å². The number of nitrogens with one attached hydrogen (secondary N) is 1. The summed E-state index contributed by atoms with van der Waals surface area (Å²) < 4.78 is 0.485. The maximum Gasteiger partial charge on any atom is 0.130 e. The number of hydrogen-bond donors (Lipinski definition) is 3. The van der Waals surface area contributed by atoms with Crippen molar-refractivity contribution >= 4 is 29.2 Å². The Morgan fingerprint density at radius 3 is 2.75 bits per heavy atom. The van der Waals surface area contributed by atoms with Crippen LogP contribution in [0.4, 0.5) is 0 Å². The third-order valence-corrected chi connectivity index (χ3v) is 0.914. The Kier molecular flexibility index (Phi) is 5.47. The number of hydrogen-bond acceptors (Lipinski definition) is 2. The highest BCUT2D eigenvalue weighted by Gasteiger charge is 1.83. The first-order valence-electron chi connectivity index (χ1n) is 2.35. The van der Waals surface area contributed by atoms with Gasteiger partial charge in [-0.1, -0.05) is 12.2 Å². The molecule has 0 fully saturated rings. The Morgan fingerprint density at radius 2 is 2.38 bits per heavy atom. The Bertz CT molecular complexity index is 76.4. The molecule has 0 saturated heterocycles. The zero-order valence-corrected chi connectivity index (χ0v) is 6.13. The van der Waals surface area contributed by atoms with Crippen LogP contribution < -0.4 is 5.32 Å². The molecular formula is C4H9NOS2. The first-order valence-corrected chi connectivity index (χ1v) is 3.20. The Labute approximate surface area is 59.7 Å².